The second-order valence-corrected chi connectivity index (χ2v) is 6.63. The summed E-state index contributed by atoms with van der Waals surface area (Å²) in [5.74, 6) is 0.416. The smallest absolute Gasteiger partial charge is 0.261 e. The largest absolute Gasteiger partial charge is 0.495 e. The number of imidazole rings is 1. The lowest BCUT2D eigenvalue weighted by Gasteiger charge is -2.10. The first kappa shape index (κ1) is 14.7. The van der Waals surface area contributed by atoms with Gasteiger partial charge >= 0.3 is 0 Å². The van der Waals surface area contributed by atoms with Crippen LogP contribution in [-0.4, -0.2) is 25.5 Å². The SMILES string of the molecule is COc1ccc(S(=O)(=O)Nc2ccc3nc[nH]c3c2)cc1Cl. The average Bonchev–Trinajstić information content (AvgIpc) is 2.94. The summed E-state index contributed by atoms with van der Waals surface area (Å²) in [4.78, 5) is 7.07. The molecule has 22 heavy (non-hydrogen) atoms. The Kier molecular flexibility index (Phi) is 3.67. The Morgan fingerprint density at radius 1 is 1.23 bits per heavy atom. The maximum absolute atomic E-state index is 12.4. The lowest BCUT2D eigenvalue weighted by atomic mass is 10.3. The molecule has 0 saturated heterocycles. The van der Waals surface area contributed by atoms with E-state index in [0.717, 1.165) is 11.0 Å². The van der Waals surface area contributed by atoms with Gasteiger partial charge in [-0.15, -0.1) is 0 Å². The van der Waals surface area contributed by atoms with Crippen molar-refractivity contribution in [2.45, 2.75) is 4.90 Å². The maximum Gasteiger partial charge on any atom is 0.261 e. The predicted molar refractivity (Wildman–Crippen MR) is 84.9 cm³/mol. The van der Waals surface area contributed by atoms with Crippen molar-refractivity contribution >= 4 is 38.3 Å². The zero-order valence-electron chi connectivity index (χ0n) is 11.5. The molecular formula is C14H12ClN3O3S. The molecule has 0 fully saturated rings. The van der Waals surface area contributed by atoms with Gasteiger partial charge in [-0.3, -0.25) is 4.72 Å². The molecule has 2 N–H and O–H groups in total. The Morgan fingerprint density at radius 3 is 2.77 bits per heavy atom. The summed E-state index contributed by atoms with van der Waals surface area (Å²) in [6, 6.07) is 9.33. The molecule has 1 aromatic heterocycles. The van der Waals surface area contributed by atoms with Crippen LogP contribution < -0.4 is 9.46 Å². The van der Waals surface area contributed by atoms with E-state index < -0.39 is 10.0 Å². The number of H-pyrrole nitrogens is 1. The zero-order chi connectivity index (χ0) is 15.7. The van der Waals surface area contributed by atoms with Crippen LogP contribution in [0.2, 0.25) is 5.02 Å². The summed E-state index contributed by atoms with van der Waals surface area (Å²) in [6.07, 6.45) is 1.55. The van der Waals surface area contributed by atoms with Crippen LogP contribution in [0.15, 0.2) is 47.6 Å². The molecule has 2 aromatic carbocycles. The minimum Gasteiger partial charge on any atom is -0.495 e. The third-order valence-electron chi connectivity index (χ3n) is 3.11. The number of methoxy groups -OCH3 is 1. The average molecular weight is 338 g/mol. The van der Waals surface area contributed by atoms with Crippen molar-refractivity contribution in [2.75, 3.05) is 11.8 Å². The second kappa shape index (κ2) is 5.51. The number of hydrogen-bond acceptors (Lipinski definition) is 4. The first-order valence-corrected chi connectivity index (χ1v) is 8.15. The molecule has 0 radical (unpaired) electrons. The highest BCUT2D eigenvalue weighted by Crippen LogP contribution is 2.28. The fourth-order valence-corrected chi connectivity index (χ4v) is 3.43. The lowest BCUT2D eigenvalue weighted by Crippen LogP contribution is -2.13. The van der Waals surface area contributed by atoms with Crippen LogP contribution in [0.3, 0.4) is 0 Å². The number of rotatable bonds is 4. The van der Waals surface area contributed by atoms with Crippen molar-refractivity contribution in [1.82, 2.24) is 9.97 Å². The number of sulfonamides is 1. The molecule has 0 atom stereocenters. The van der Waals surface area contributed by atoms with Gasteiger partial charge in [0.15, 0.2) is 0 Å². The molecule has 0 saturated carbocycles. The number of hydrogen-bond donors (Lipinski definition) is 2. The number of aromatic amines is 1. The molecular weight excluding hydrogens is 326 g/mol. The number of fused-ring (bicyclic) bond motifs is 1. The molecule has 0 bridgehead atoms. The van der Waals surface area contributed by atoms with Crippen LogP contribution >= 0.6 is 11.6 Å². The summed E-state index contributed by atoms with van der Waals surface area (Å²) in [5.41, 5.74) is 1.94. The molecule has 0 aliphatic rings. The number of nitrogens with zero attached hydrogens (tertiary/aromatic N) is 1. The van der Waals surface area contributed by atoms with E-state index in [-0.39, 0.29) is 9.92 Å². The highest BCUT2D eigenvalue weighted by atomic mass is 35.5. The highest BCUT2D eigenvalue weighted by Gasteiger charge is 2.16. The van der Waals surface area contributed by atoms with Gasteiger partial charge in [0.05, 0.1) is 40.1 Å². The Balaban J connectivity index is 1.93. The minimum atomic E-state index is -3.74. The van der Waals surface area contributed by atoms with Crippen LogP contribution in [0.1, 0.15) is 0 Å². The Hall–Kier alpha value is -2.25. The van der Waals surface area contributed by atoms with Crippen LogP contribution in [0.5, 0.6) is 5.75 Å². The molecule has 0 aliphatic carbocycles. The molecule has 0 spiro atoms. The molecule has 0 amide bonds. The minimum absolute atomic E-state index is 0.0583. The first-order chi connectivity index (χ1) is 10.5. The number of halogens is 1. The van der Waals surface area contributed by atoms with Crippen molar-refractivity contribution in [1.29, 1.82) is 0 Å². The van der Waals surface area contributed by atoms with Gasteiger partial charge < -0.3 is 9.72 Å². The van der Waals surface area contributed by atoms with E-state index in [1.807, 2.05) is 0 Å². The van der Waals surface area contributed by atoms with Crippen LogP contribution in [-0.2, 0) is 10.0 Å². The maximum atomic E-state index is 12.4. The highest BCUT2D eigenvalue weighted by molar-refractivity contribution is 7.92. The molecule has 0 aliphatic heterocycles. The number of nitrogens with one attached hydrogen (secondary N) is 2. The first-order valence-electron chi connectivity index (χ1n) is 6.29. The molecule has 3 aromatic rings. The topological polar surface area (TPSA) is 84.1 Å². The van der Waals surface area contributed by atoms with Crippen LogP contribution in [0.4, 0.5) is 5.69 Å². The van der Waals surface area contributed by atoms with Crippen molar-refractivity contribution in [3.05, 3.63) is 47.7 Å². The fourth-order valence-electron chi connectivity index (χ4n) is 2.03. The van der Waals surface area contributed by atoms with Gasteiger partial charge in [-0.25, -0.2) is 13.4 Å². The standard InChI is InChI=1S/C14H12ClN3O3S/c1-21-14-5-3-10(7-11(14)15)22(19,20)18-9-2-4-12-13(6-9)17-8-16-12/h2-8,18H,1H3,(H,16,17). The summed E-state index contributed by atoms with van der Waals surface area (Å²) in [6.45, 7) is 0. The lowest BCUT2D eigenvalue weighted by molar-refractivity contribution is 0.414. The fraction of sp³-hybridized carbons (Fsp3) is 0.0714. The van der Waals surface area contributed by atoms with E-state index in [0.29, 0.717) is 11.4 Å². The molecule has 3 rings (SSSR count). The molecule has 114 valence electrons. The zero-order valence-corrected chi connectivity index (χ0v) is 13.1. The number of benzene rings is 2. The van der Waals surface area contributed by atoms with Gasteiger partial charge in [0, 0.05) is 0 Å². The Morgan fingerprint density at radius 2 is 2.05 bits per heavy atom. The van der Waals surface area contributed by atoms with Crippen molar-refractivity contribution in [3.8, 4) is 5.75 Å². The number of ether oxygens (including phenoxy) is 1. The summed E-state index contributed by atoms with van der Waals surface area (Å²) < 4.78 is 32.3. The molecule has 0 unspecified atom stereocenters. The van der Waals surface area contributed by atoms with E-state index in [4.69, 9.17) is 16.3 Å². The van der Waals surface area contributed by atoms with Crippen molar-refractivity contribution in [2.24, 2.45) is 0 Å². The quantitative estimate of drug-likeness (QED) is 0.766. The van der Waals surface area contributed by atoms with Gasteiger partial charge in [-0.1, -0.05) is 11.6 Å². The summed E-state index contributed by atoms with van der Waals surface area (Å²) in [7, 11) is -2.27. The predicted octanol–water partition coefficient (Wildman–Crippen LogP) is 3.03. The van der Waals surface area contributed by atoms with E-state index in [1.54, 1.807) is 24.5 Å². The molecule has 6 nitrogen and oxygen atoms in total. The molecule has 8 heteroatoms. The third-order valence-corrected chi connectivity index (χ3v) is 4.78. The number of anilines is 1. The summed E-state index contributed by atoms with van der Waals surface area (Å²) >= 11 is 5.97. The van der Waals surface area contributed by atoms with Crippen LogP contribution in [0.25, 0.3) is 11.0 Å². The molecule has 1 heterocycles. The number of aromatic nitrogens is 2. The third kappa shape index (κ3) is 2.72. The van der Waals surface area contributed by atoms with E-state index in [9.17, 15) is 8.42 Å². The monoisotopic (exact) mass is 337 g/mol. The van der Waals surface area contributed by atoms with Gasteiger partial charge in [-0.05, 0) is 36.4 Å². The Labute approximate surface area is 132 Å². The van der Waals surface area contributed by atoms with Gasteiger partial charge in [0.25, 0.3) is 10.0 Å². The van der Waals surface area contributed by atoms with E-state index in [2.05, 4.69) is 14.7 Å². The summed E-state index contributed by atoms with van der Waals surface area (Å²) in [5, 5.41) is 0.231. The van der Waals surface area contributed by atoms with Crippen LogP contribution in [0, 0.1) is 0 Å². The van der Waals surface area contributed by atoms with Crippen molar-refractivity contribution in [3.63, 3.8) is 0 Å². The van der Waals surface area contributed by atoms with E-state index >= 15 is 0 Å². The Bertz CT molecular complexity index is 937. The normalized spacial score (nSPS) is 11.5. The van der Waals surface area contributed by atoms with Gasteiger partial charge in [-0.2, -0.15) is 0 Å². The second-order valence-electron chi connectivity index (χ2n) is 4.54. The van der Waals surface area contributed by atoms with Crippen molar-refractivity contribution < 1.29 is 13.2 Å². The van der Waals surface area contributed by atoms with Gasteiger partial charge in [0.2, 0.25) is 0 Å². The van der Waals surface area contributed by atoms with Gasteiger partial charge in [0.1, 0.15) is 5.75 Å². The van der Waals surface area contributed by atoms with E-state index in [1.165, 1.54) is 25.3 Å².